The summed E-state index contributed by atoms with van der Waals surface area (Å²) < 4.78 is 6.25. The fourth-order valence-electron chi connectivity index (χ4n) is 1.76. The average molecular weight is 256 g/mol. The fraction of sp³-hybridized carbons (Fsp3) is 0.455. The Morgan fingerprint density at radius 2 is 2.07 bits per heavy atom. The molecule has 0 aliphatic heterocycles. The first kappa shape index (κ1) is 9.99. The summed E-state index contributed by atoms with van der Waals surface area (Å²) in [4.78, 5) is 0. The Bertz CT molecular complexity index is 372. The molecule has 0 heterocycles. The lowest BCUT2D eigenvalue weighted by molar-refractivity contribution is 0.411. The molecule has 0 aromatic heterocycles. The summed E-state index contributed by atoms with van der Waals surface area (Å²) in [6.07, 6.45) is 2.18. The highest BCUT2D eigenvalue weighted by Gasteiger charge is 2.41. The number of ether oxygens (including phenoxy) is 1. The number of nitrogens with two attached hydrogens (primary N) is 1. The molecule has 1 aromatic carbocycles. The van der Waals surface area contributed by atoms with Gasteiger partial charge in [0.1, 0.15) is 5.75 Å². The largest absolute Gasteiger partial charge is 0.496 e. The Morgan fingerprint density at radius 1 is 1.43 bits per heavy atom. The van der Waals surface area contributed by atoms with Crippen LogP contribution >= 0.6 is 15.9 Å². The van der Waals surface area contributed by atoms with Gasteiger partial charge in [0, 0.05) is 5.54 Å². The van der Waals surface area contributed by atoms with Gasteiger partial charge in [-0.15, -0.1) is 0 Å². The molecule has 1 aliphatic rings. The monoisotopic (exact) mass is 255 g/mol. The molecule has 76 valence electrons. The van der Waals surface area contributed by atoms with Crippen molar-refractivity contribution in [3.8, 4) is 5.75 Å². The van der Waals surface area contributed by atoms with Crippen molar-refractivity contribution in [3.05, 3.63) is 27.7 Å². The normalized spacial score (nSPS) is 18.0. The van der Waals surface area contributed by atoms with Gasteiger partial charge < -0.3 is 10.5 Å². The van der Waals surface area contributed by atoms with E-state index >= 15 is 0 Å². The molecule has 2 nitrogen and oxygen atoms in total. The lowest BCUT2D eigenvalue weighted by atomic mass is 10.00. The van der Waals surface area contributed by atoms with E-state index in [1.54, 1.807) is 7.11 Å². The molecular formula is C11H14BrNO. The molecule has 1 aromatic rings. The van der Waals surface area contributed by atoms with Crippen molar-refractivity contribution in [1.29, 1.82) is 0 Å². The zero-order chi connectivity index (χ0) is 10.3. The van der Waals surface area contributed by atoms with Gasteiger partial charge in [0.15, 0.2) is 0 Å². The molecule has 0 radical (unpaired) electrons. The average Bonchev–Trinajstić information content (AvgIpc) is 2.89. The van der Waals surface area contributed by atoms with Gasteiger partial charge in [-0.05, 0) is 52.9 Å². The maximum absolute atomic E-state index is 6.17. The molecule has 14 heavy (non-hydrogen) atoms. The maximum atomic E-state index is 6.17. The first-order chi connectivity index (χ1) is 6.58. The summed E-state index contributed by atoms with van der Waals surface area (Å²) in [5.41, 5.74) is 8.54. The zero-order valence-electron chi connectivity index (χ0n) is 8.43. The van der Waals surface area contributed by atoms with E-state index in [0.717, 1.165) is 23.1 Å². The molecule has 0 unspecified atom stereocenters. The molecule has 0 spiro atoms. The minimum Gasteiger partial charge on any atom is -0.496 e. The number of halogens is 1. The number of rotatable bonds is 2. The number of hydrogen-bond donors (Lipinski definition) is 1. The third-order valence-corrected chi connectivity index (χ3v) is 3.88. The smallest absolute Gasteiger partial charge is 0.133 e. The van der Waals surface area contributed by atoms with E-state index in [-0.39, 0.29) is 5.54 Å². The Hall–Kier alpha value is -0.540. The van der Waals surface area contributed by atoms with E-state index in [0.29, 0.717) is 0 Å². The van der Waals surface area contributed by atoms with Crippen LogP contribution in [0.1, 0.15) is 24.0 Å². The predicted octanol–water partition coefficient (Wildman–Crippen LogP) is 2.71. The highest BCUT2D eigenvalue weighted by molar-refractivity contribution is 9.10. The van der Waals surface area contributed by atoms with Gasteiger partial charge in [-0.1, -0.05) is 6.07 Å². The molecule has 2 N–H and O–H groups in total. The first-order valence-corrected chi connectivity index (χ1v) is 5.50. The van der Waals surface area contributed by atoms with E-state index in [2.05, 4.69) is 28.9 Å². The molecule has 3 heteroatoms. The number of benzene rings is 1. The summed E-state index contributed by atoms with van der Waals surface area (Å²) in [5, 5.41) is 0. The van der Waals surface area contributed by atoms with E-state index in [4.69, 9.17) is 10.5 Å². The van der Waals surface area contributed by atoms with Crippen LogP contribution in [-0.4, -0.2) is 7.11 Å². The van der Waals surface area contributed by atoms with Crippen molar-refractivity contribution in [3.63, 3.8) is 0 Å². The first-order valence-electron chi connectivity index (χ1n) is 4.71. The highest BCUT2D eigenvalue weighted by atomic mass is 79.9. The summed E-state index contributed by atoms with van der Waals surface area (Å²) in [6.45, 7) is 2.08. The van der Waals surface area contributed by atoms with Crippen LogP contribution in [0.3, 0.4) is 0 Å². The van der Waals surface area contributed by atoms with Crippen LogP contribution < -0.4 is 10.5 Å². The van der Waals surface area contributed by atoms with Crippen LogP contribution in [0.25, 0.3) is 0 Å². The molecule has 1 saturated carbocycles. The van der Waals surface area contributed by atoms with Gasteiger partial charge in [0.2, 0.25) is 0 Å². The zero-order valence-corrected chi connectivity index (χ0v) is 10.0. The number of methoxy groups -OCH3 is 1. The van der Waals surface area contributed by atoms with Crippen molar-refractivity contribution in [2.24, 2.45) is 5.73 Å². The minimum absolute atomic E-state index is 0.0706. The Morgan fingerprint density at radius 3 is 2.57 bits per heavy atom. The van der Waals surface area contributed by atoms with Gasteiger partial charge in [0.05, 0.1) is 11.6 Å². The van der Waals surface area contributed by atoms with E-state index in [1.165, 1.54) is 11.1 Å². The highest BCUT2D eigenvalue weighted by Crippen LogP contribution is 2.46. The lowest BCUT2D eigenvalue weighted by Crippen LogP contribution is -2.20. The second kappa shape index (κ2) is 3.24. The van der Waals surface area contributed by atoms with Crippen molar-refractivity contribution in [1.82, 2.24) is 0 Å². The van der Waals surface area contributed by atoms with E-state index < -0.39 is 0 Å². The maximum Gasteiger partial charge on any atom is 0.133 e. The Labute approximate surface area is 92.6 Å². The minimum atomic E-state index is -0.0706. The van der Waals surface area contributed by atoms with Crippen molar-refractivity contribution < 1.29 is 4.74 Å². The molecule has 0 bridgehead atoms. The third-order valence-electron chi connectivity index (χ3n) is 2.90. The summed E-state index contributed by atoms with van der Waals surface area (Å²) in [7, 11) is 1.68. The lowest BCUT2D eigenvalue weighted by Gasteiger charge is -2.15. The standard InChI is InChI=1S/C11H14BrNO/c1-7-8(11(13)5-6-11)3-4-9(14-2)10(7)12/h3-4H,5-6,13H2,1-2H3. The molecule has 0 saturated heterocycles. The molecular weight excluding hydrogens is 242 g/mol. The molecule has 1 aliphatic carbocycles. The van der Waals surface area contributed by atoms with Gasteiger partial charge in [0.25, 0.3) is 0 Å². The third kappa shape index (κ3) is 1.44. The van der Waals surface area contributed by atoms with Gasteiger partial charge in [-0.3, -0.25) is 0 Å². The van der Waals surface area contributed by atoms with Crippen LogP contribution in [0.5, 0.6) is 5.75 Å². The molecule has 1 fully saturated rings. The number of hydrogen-bond acceptors (Lipinski definition) is 2. The van der Waals surface area contributed by atoms with Crippen LogP contribution in [0, 0.1) is 6.92 Å². The second-order valence-corrected chi connectivity index (χ2v) is 4.70. The van der Waals surface area contributed by atoms with Crippen LogP contribution in [-0.2, 0) is 5.54 Å². The summed E-state index contributed by atoms with van der Waals surface area (Å²) in [6, 6.07) is 4.05. The fourth-order valence-corrected chi connectivity index (χ4v) is 2.27. The quantitative estimate of drug-likeness (QED) is 0.882. The van der Waals surface area contributed by atoms with Crippen molar-refractivity contribution >= 4 is 15.9 Å². The van der Waals surface area contributed by atoms with Crippen LogP contribution in [0.2, 0.25) is 0 Å². The molecule has 0 atom stereocenters. The second-order valence-electron chi connectivity index (χ2n) is 3.91. The van der Waals surface area contributed by atoms with Gasteiger partial charge in [-0.25, -0.2) is 0 Å². The van der Waals surface area contributed by atoms with Gasteiger partial charge in [-0.2, -0.15) is 0 Å². The van der Waals surface area contributed by atoms with Crippen molar-refractivity contribution in [2.75, 3.05) is 7.11 Å². The van der Waals surface area contributed by atoms with Crippen LogP contribution in [0.4, 0.5) is 0 Å². The van der Waals surface area contributed by atoms with Crippen molar-refractivity contribution in [2.45, 2.75) is 25.3 Å². The molecule has 2 rings (SSSR count). The Balaban J connectivity index is 2.49. The van der Waals surface area contributed by atoms with Crippen LogP contribution in [0.15, 0.2) is 16.6 Å². The SMILES string of the molecule is COc1ccc(C2(N)CC2)c(C)c1Br. The molecule has 0 amide bonds. The van der Waals surface area contributed by atoms with Gasteiger partial charge >= 0.3 is 0 Å². The summed E-state index contributed by atoms with van der Waals surface area (Å²) >= 11 is 3.53. The van der Waals surface area contributed by atoms with E-state index in [9.17, 15) is 0 Å². The van der Waals surface area contributed by atoms with E-state index in [1.807, 2.05) is 6.07 Å². The predicted molar refractivity (Wildman–Crippen MR) is 60.5 cm³/mol. The summed E-state index contributed by atoms with van der Waals surface area (Å²) in [5.74, 6) is 0.871. The topological polar surface area (TPSA) is 35.2 Å². The Kier molecular flexibility index (Phi) is 2.32.